The first-order valence-electron chi connectivity index (χ1n) is 18.7. The molecule has 0 aliphatic carbocycles. The summed E-state index contributed by atoms with van der Waals surface area (Å²) < 4.78 is 2.32. The Kier molecular flexibility index (Phi) is 9.28. The Morgan fingerprint density at radius 2 is 0.966 bits per heavy atom. The lowest BCUT2D eigenvalue weighted by molar-refractivity contribution is 1.07. The lowest BCUT2D eigenvalue weighted by Gasteiger charge is -2.11. The van der Waals surface area contributed by atoms with E-state index in [1.807, 2.05) is 109 Å². The van der Waals surface area contributed by atoms with Gasteiger partial charge in [0.15, 0.2) is 23.3 Å². The van der Waals surface area contributed by atoms with Crippen LogP contribution in [0.1, 0.15) is 5.56 Å². The largest absolute Gasteiger partial charge is 0.235 e. The monoisotopic (exact) mass is 778 g/mol. The molecule has 3 aromatic heterocycles. The van der Waals surface area contributed by atoms with Gasteiger partial charge < -0.3 is 0 Å². The van der Waals surface area contributed by atoms with E-state index in [0.29, 0.717) is 28.9 Å². The molecule has 0 saturated carbocycles. The average molecular weight is 779 g/mol. The summed E-state index contributed by atoms with van der Waals surface area (Å²) in [4.78, 5) is 27.2. The zero-order chi connectivity index (χ0) is 38.8. The highest BCUT2D eigenvalue weighted by Gasteiger charge is 2.17. The molecule has 0 spiro atoms. The molecule has 58 heavy (non-hydrogen) atoms. The van der Waals surface area contributed by atoms with E-state index in [1.54, 1.807) is 23.1 Å². The third-order valence-electron chi connectivity index (χ3n) is 9.92. The maximum atomic E-state index is 9.21. The molecule has 6 nitrogen and oxygen atoms in total. The standard InChI is InChI=1S/C50H30N6S2/c51-30-32-16-18-33(19-17-32)34-20-22-37(23-21-34)49-54-48(36-12-6-2-7-13-36)55-50(56-49)39-24-26-41-42-28-38(25-27-43(42)58-44(41)29-39)47-52-31-45(57-40-14-8-3-9-15-40)46(53-47)35-10-4-1-5-11-35/h1-29,31H. The van der Waals surface area contributed by atoms with Crippen molar-refractivity contribution in [1.82, 2.24) is 24.9 Å². The molecule has 0 fully saturated rings. The van der Waals surface area contributed by atoms with Crippen molar-refractivity contribution in [3.63, 3.8) is 0 Å². The fourth-order valence-corrected chi connectivity index (χ4v) is 9.00. The lowest BCUT2D eigenvalue weighted by atomic mass is 10.0. The molecule has 0 bridgehead atoms. The number of hydrogen-bond acceptors (Lipinski definition) is 8. The van der Waals surface area contributed by atoms with Crippen LogP contribution in [0.5, 0.6) is 0 Å². The summed E-state index contributed by atoms with van der Waals surface area (Å²) in [5.74, 6) is 2.50. The van der Waals surface area contributed by atoms with Gasteiger partial charge in [-0.05, 0) is 59.7 Å². The van der Waals surface area contributed by atoms with E-state index in [2.05, 4.69) is 78.9 Å². The van der Waals surface area contributed by atoms with Gasteiger partial charge in [0.2, 0.25) is 0 Å². The van der Waals surface area contributed by atoms with E-state index < -0.39 is 0 Å². The summed E-state index contributed by atoms with van der Waals surface area (Å²) in [5, 5.41) is 11.5. The number of benzene rings is 7. The maximum Gasteiger partial charge on any atom is 0.164 e. The maximum absolute atomic E-state index is 9.21. The van der Waals surface area contributed by atoms with Gasteiger partial charge in [0.1, 0.15) is 0 Å². The van der Waals surface area contributed by atoms with Crippen molar-refractivity contribution < 1.29 is 0 Å². The van der Waals surface area contributed by atoms with E-state index in [1.165, 1.54) is 4.70 Å². The zero-order valence-electron chi connectivity index (χ0n) is 30.8. The minimum Gasteiger partial charge on any atom is -0.235 e. The Morgan fingerprint density at radius 1 is 0.431 bits per heavy atom. The van der Waals surface area contributed by atoms with Crippen molar-refractivity contribution in [2.24, 2.45) is 0 Å². The van der Waals surface area contributed by atoms with Crippen molar-refractivity contribution in [3.8, 4) is 74.0 Å². The van der Waals surface area contributed by atoms with Gasteiger partial charge in [-0.2, -0.15) is 5.26 Å². The Balaban J connectivity index is 1.01. The summed E-state index contributed by atoms with van der Waals surface area (Å²) in [5.41, 5.74) is 8.37. The van der Waals surface area contributed by atoms with Crippen LogP contribution in [-0.2, 0) is 0 Å². The topological polar surface area (TPSA) is 88.2 Å². The van der Waals surface area contributed by atoms with Gasteiger partial charge in [-0.3, -0.25) is 0 Å². The third-order valence-corrected chi connectivity index (χ3v) is 12.1. The molecule has 0 amide bonds. The van der Waals surface area contributed by atoms with Crippen molar-refractivity contribution >= 4 is 43.3 Å². The fourth-order valence-electron chi connectivity index (χ4n) is 6.96. The number of nitrogens with zero attached hydrogens (tertiary/aromatic N) is 6. The van der Waals surface area contributed by atoms with Gasteiger partial charge in [-0.25, -0.2) is 24.9 Å². The molecule has 10 aromatic rings. The van der Waals surface area contributed by atoms with Crippen LogP contribution >= 0.6 is 23.1 Å². The van der Waals surface area contributed by atoms with Crippen LogP contribution in [0.4, 0.5) is 0 Å². The van der Waals surface area contributed by atoms with Gasteiger partial charge in [-0.1, -0.05) is 139 Å². The number of nitriles is 1. The molecule has 0 unspecified atom stereocenters. The van der Waals surface area contributed by atoms with Crippen molar-refractivity contribution in [1.29, 1.82) is 5.26 Å². The fraction of sp³-hybridized carbons (Fsp3) is 0. The molecule has 0 radical (unpaired) electrons. The van der Waals surface area contributed by atoms with E-state index >= 15 is 0 Å². The number of rotatable bonds is 8. The summed E-state index contributed by atoms with van der Waals surface area (Å²) in [7, 11) is 0. The predicted molar refractivity (Wildman–Crippen MR) is 236 cm³/mol. The Morgan fingerprint density at radius 3 is 1.64 bits per heavy atom. The zero-order valence-corrected chi connectivity index (χ0v) is 32.5. The Hall–Kier alpha value is -7.31. The second-order valence-electron chi connectivity index (χ2n) is 13.7. The Bertz CT molecular complexity index is 3130. The molecular formula is C50H30N6S2. The number of fused-ring (bicyclic) bond motifs is 3. The van der Waals surface area contributed by atoms with Gasteiger partial charge >= 0.3 is 0 Å². The second-order valence-corrected chi connectivity index (χ2v) is 15.8. The molecule has 0 aliphatic heterocycles. The van der Waals surface area contributed by atoms with Crippen LogP contribution in [0, 0.1) is 11.3 Å². The molecule has 7 aromatic carbocycles. The minimum atomic E-state index is 0.597. The molecule has 0 N–H and O–H groups in total. The average Bonchev–Trinajstić information content (AvgIpc) is 3.67. The molecule has 10 rings (SSSR count). The van der Waals surface area contributed by atoms with Crippen LogP contribution in [0.15, 0.2) is 192 Å². The summed E-state index contributed by atoms with van der Waals surface area (Å²) in [6.45, 7) is 0. The lowest BCUT2D eigenvalue weighted by Crippen LogP contribution is -2.00. The predicted octanol–water partition coefficient (Wildman–Crippen LogP) is 13.1. The van der Waals surface area contributed by atoms with Gasteiger partial charge in [0.25, 0.3) is 0 Å². The molecular weight excluding hydrogens is 749 g/mol. The SMILES string of the molecule is N#Cc1ccc(-c2ccc(-c3nc(-c4ccccc4)nc(-c4ccc5c(c4)sc4ccc(-c6ncc(Sc7ccccc7)c(-c7ccccc7)n6)cc45)n3)cc2)cc1. The van der Waals surface area contributed by atoms with Crippen LogP contribution in [0.25, 0.3) is 88.1 Å². The first kappa shape index (κ1) is 35.1. The van der Waals surface area contributed by atoms with Crippen molar-refractivity contribution in [2.75, 3.05) is 0 Å². The highest BCUT2D eigenvalue weighted by Crippen LogP contribution is 2.40. The highest BCUT2D eigenvalue weighted by molar-refractivity contribution is 7.99. The molecule has 0 atom stereocenters. The van der Waals surface area contributed by atoms with Gasteiger partial charge in [0.05, 0.1) is 22.2 Å². The van der Waals surface area contributed by atoms with E-state index in [9.17, 15) is 5.26 Å². The number of thiophene rings is 1. The van der Waals surface area contributed by atoms with Crippen LogP contribution in [0.3, 0.4) is 0 Å². The first-order valence-corrected chi connectivity index (χ1v) is 20.3. The second kappa shape index (κ2) is 15.3. The molecule has 0 saturated heterocycles. The first-order chi connectivity index (χ1) is 28.6. The number of hydrogen-bond donors (Lipinski definition) is 0. The van der Waals surface area contributed by atoms with Crippen molar-refractivity contribution in [3.05, 3.63) is 188 Å². The van der Waals surface area contributed by atoms with Crippen LogP contribution in [-0.4, -0.2) is 24.9 Å². The minimum absolute atomic E-state index is 0.597. The van der Waals surface area contributed by atoms with Crippen molar-refractivity contribution in [2.45, 2.75) is 9.79 Å². The molecule has 3 heterocycles. The van der Waals surface area contributed by atoms with E-state index in [0.717, 1.165) is 69.9 Å². The van der Waals surface area contributed by atoms with Crippen LogP contribution < -0.4 is 0 Å². The third kappa shape index (κ3) is 7.01. The summed E-state index contributed by atoms with van der Waals surface area (Å²) in [6, 6.07) is 61.6. The Labute approximate surface area is 343 Å². The van der Waals surface area contributed by atoms with E-state index in [-0.39, 0.29) is 0 Å². The summed E-state index contributed by atoms with van der Waals surface area (Å²) in [6.07, 6.45) is 1.95. The smallest absolute Gasteiger partial charge is 0.164 e. The van der Waals surface area contributed by atoms with Gasteiger partial charge in [-0.15, -0.1) is 11.3 Å². The molecule has 8 heteroatoms. The quantitative estimate of drug-likeness (QED) is 0.152. The highest BCUT2D eigenvalue weighted by atomic mass is 32.2. The summed E-state index contributed by atoms with van der Waals surface area (Å²) >= 11 is 3.42. The molecule has 272 valence electrons. The normalized spacial score (nSPS) is 11.2. The molecule has 0 aliphatic rings. The van der Waals surface area contributed by atoms with E-state index in [4.69, 9.17) is 24.9 Å². The van der Waals surface area contributed by atoms with Crippen LogP contribution in [0.2, 0.25) is 0 Å². The number of aromatic nitrogens is 5. The van der Waals surface area contributed by atoms with Gasteiger partial charge in [0, 0.05) is 59.1 Å².